The van der Waals surface area contributed by atoms with Gasteiger partial charge in [0.05, 0.1) is 16.8 Å². The van der Waals surface area contributed by atoms with Gasteiger partial charge in [-0.3, -0.25) is 0 Å². The Morgan fingerprint density at radius 3 is 2.26 bits per heavy atom. The molecule has 0 aliphatic rings. The Hall–Kier alpha value is -2.79. The molecule has 3 nitrogen and oxygen atoms in total. The van der Waals surface area contributed by atoms with Gasteiger partial charge < -0.3 is 0 Å². The van der Waals surface area contributed by atoms with E-state index in [-0.39, 0.29) is 0 Å². The first-order chi connectivity index (χ1) is 13.2. The lowest BCUT2D eigenvalue weighted by atomic mass is 9.93. The summed E-state index contributed by atoms with van der Waals surface area (Å²) in [6.45, 7) is 2.08. The Kier molecular flexibility index (Phi) is 6.14. The number of halogens is 1. The summed E-state index contributed by atoms with van der Waals surface area (Å²) in [6.07, 6.45) is 0.958. The molecule has 3 rings (SSSR count). The summed E-state index contributed by atoms with van der Waals surface area (Å²) in [4.78, 5) is 4.71. The van der Waals surface area contributed by atoms with Crippen molar-refractivity contribution >= 4 is 23.4 Å². The van der Waals surface area contributed by atoms with Crippen LogP contribution in [-0.2, 0) is 0 Å². The van der Waals surface area contributed by atoms with Crippen molar-refractivity contribution in [2.45, 2.75) is 18.4 Å². The van der Waals surface area contributed by atoms with Gasteiger partial charge in [-0.05, 0) is 18.2 Å². The zero-order valence-corrected chi connectivity index (χ0v) is 16.3. The average molecular weight is 390 g/mol. The molecule has 3 aromatic rings. The highest BCUT2D eigenvalue weighted by molar-refractivity contribution is 7.99. The van der Waals surface area contributed by atoms with Crippen LogP contribution in [0.15, 0.2) is 59.6 Å². The van der Waals surface area contributed by atoms with Gasteiger partial charge in [-0.2, -0.15) is 10.5 Å². The highest BCUT2D eigenvalue weighted by Gasteiger charge is 2.23. The van der Waals surface area contributed by atoms with Crippen LogP contribution >= 0.6 is 23.4 Å². The van der Waals surface area contributed by atoms with E-state index in [9.17, 15) is 10.5 Å². The number of nitriles is 2. The minimum absolute atomic E-state index is 0.367. The number of nitrogens with zero attached hydrogens (tertiary/aromatic N) is 3. The van der Waals surface area contributed by atoms with E-state index < -0.39 is 0 Å². The van der Waals surface area contributed by atoms with E-state index in [1.807, 2.05) is 48.5 Å². The molecule has 0 bridgehead atoms. The zero-order chi connectivity index (χ0) is 19.2. The molecule has 0 saturated carbocycles. The van der Waals surface area contributed by atoms with E-state index in [1.165, 1.54) is 11.8 Å². The quantitative estimate of drug-likeness (QED) is 0.479. The molecular formula is C22H16ClN3S. The Labute approximate surface area is 168 Å². The molecule has 0 atom stereocenters. The van der Waals surface area contributed by atoms with Crippen molar-refractivity contribution in [2.24, 2.45) is 0 Å². The smallest absolute Gasteiger partial charge is 0.115 e. The topological polar surface area (TPSA) is 60.5 Å². The van der Waals surface area contributed by atoms with Crippen LogP contribution in [0.25, 0.3) is 22.4 Å². The van der Waals surface area contributed by atoms with Crippen molar-refractivity contribution in [1.82, 2.24) is 4.98 Å². The average Bonchev–Trinajstić information content (AvgIpc) is 2.72. The van der Waals surface area contributed by atoms with Crippen molar-refractivity contribution in [3.8, 4) is 34.5 Å². The standard InChI is InChI=1S/C22H16ClN3S/c1-2-12-27-22-18(14-25)20(16-10-6-7-11-19(16)23)17(13-24)21(26-22)15-8-4-3-5-9-15/h3-11H,2,12H2,1H3. The third kappa shape index (κ3) is 3.83. The molecular weight excluding hydrogens is 374 g/mol. The fourth-order valence-corrected chi connectivity index (χ4v) is 3.89. The zero-order valence-electron chi connectivity index (χ0n) is 14.7. The number of rotatable bonds is 5. The van der Waals surface area contributed by atoms with E-state index in [2.05, 4.69) is 19.1 Å². The fraction of sp³-hybridized carbons (Fsp3) is 0.136. The molecule has 0 aliphatic carbocycles. The number of pyridine rings is 1. The number of hydrogen-bond donors (Lipinski definition) is 0. The maximum Gasteiger partial charge on any atom is 0.115 e. The Morgan fingerprint density at radius 2 is 1.63 bits per heavy atom. The number of hydrogen-bond acceptors (Lipinski definition) is 4. The van der Waals surface area contributed by atoms with Crippen LogP contribution in [0.5, 0.6) is 0 Å². The molecule has 0 fully saturated rings. The van der Waals surface area contributed by atoms with Crippen molar-refractivity contribution in [1.29, 1.82) is 10.5 Å². The number of benzene rings is 2. The van der Waals surface area contributed by atoms with Crippen LogP contribution in [0, 0.1) is 22.7 Å². The van der Waals surface area contributed by atoms with Crippen molar-refractivity contribution in [3.05, 3.63) is 70.7 Å². The summed E-state index contributed by atoms with van der Waals surface area (Å²) < 4.78 is 0. The third-order valence-electron chi connectivity index (χ3n) is 4.02. The summed E-state index contributed by atoms with van der Waals surface area (Å²) in [7, 11) is 0. The first kappa shape index (κ1) is 19.0. The first-order valence-electron chi connectivity index (χ1n) is 8.52. The van der Waals surface area contributed by atoms with E-state index in [4.69, 9.17) is 16.6 Å². The monoisotopic (exact) mass is 389 g/mol. The molecule has 0 N–H and O–H groups in total. The van der Waals surface area contributed by atoms with Crippen LogP contribution in [0.4, 0.5) is 0 Å². The van der Waals surface area contributed by atoms with Gasteiger partial charge in [-0.15, -0.1) is 11.8 Å². The molecule has 27 heavy (non-hydrogen) atoms. The van der Waals surface area contributed by atoms with Gasteiger partial charge in [0.1, 0.15) is 17.2 Å². The molecule has 0 radical (unpaired) electrons. The van der Waals surface area contributed by atoms with Gasteiger partial charge in [0, 0.05) is 21.7 Å². The maximum absolute atomic E-state index is 9.95. The van der Waals surface area contributed by atoms with Crippen LogP contribution in [0.2, 0.25) is 5.02 Å². The van der Waals surface area contributed by atoms with Gasteiger partial charge in [0.15, 0.2) is 0 Å². The summed E-state index contributed by atoms with van der Waals surface area (Å²) in [5.74, 6) is 0.837. The Bertz CT molecular complexity index is 1050. The molecule has 0 amide bonds. The van der Waals surface area contributed by atoms with Crippen LogP contribution < -0.4 is 0 Å². The van der Waals surface area contributed by atoms with Crippen molar-refractivity contribution in [2.75, 3.05) is 5.75 Å². The molecule has 2 aromatic carbocycles. The predicted octanol–water partition coefficient (Wildman–Crippen LogP) is 6.31. The highest BCUT2D eigenvalue weighted by Crippen LogP contribution is 2.40. The van der Waals surface area contributed by atoms with E-state index in [0.29, 0.717) is 38.0 Å². The van der Waals surface area contributed by atoms with E-state index >= 15 is 0 Å². The lowest BCUT2D eigenvalue weighted by Crippen LogP contribution is -2.01. The van der Waals surface area contributed by atoms with Crippen molar-refractivity contribution < 1.29 is 0 Å². The number of thioether (sulfide) groups is 1. The molecule has 132 valence electrons. The molecule has 0 spiro atoms. The van der Waals surface area contributed by atoms with Gasteiger partial charge >= 0.3 is 0 Å². The highest BCUT2D eigenvalue weighted by atomic mass is 35.5. The van der Waals surface area contributed by atoms with Gasteiger partial charge in [0.2, 0.25) is 0 Å². The van der Waals surface area contributed by atoms with Crippen LogP contribution in [-0.4, -0.2) is 10.7 Å². The molecule has 0 unspecified atom stereocenters. The van der Waals surface area contributed by atoms with Crippen LogP contribution in [0.1, 0.15) is 24.5 Å². The fourth-order valence-electron chi connectivity index (χ4n) is 2.82. The SMILES string of the molecule is CCCSc1nc(-c2ccccc2)c(C#N)c(-c2ccccc2Cl)c1C#N. The molecule has 0 saturated heterocycles. The molecule has 1 aromatic heterocycles. The van der Waals surface area contributed by atoms with Gasteiger partial charge in [-0.25, -0.2) is 4.98 Å². The lowest BCUT2D eigenvalue weighted by Gasteiger charge is -2.16. The largest absolute Gasteiger partial charge is 0.239 e. The van der Waals surface area contributed by atoms with Crippen molar-refractivity contribution in [3.63, 3.8) is 0 Å². The first-order valence-corrected chi connectivity index (χ1v) is 9.88. The summed E-state index contributed by atoms with van der Waals surface area (Å²) in [5, 5.41) is 21.0. The minimum Gasteiger partial charge on any atom is -0.239 e. The molecule has 5 heteroatoms. The molecule has 1 heterocycles. The van der Waals surface area contributed by atoms with E-state index in [0.717, 1.165) is 17.7 Å². The summed E-state index contributed by atoms with van der Waals surface area (Å²) >= 11 is 7.95. The van der Waals surface area contributed by atoms with Gasteiger partial charge in [0.25, 0.3) is 0 Å². The number of aromatic nitrogens is 1. The van der Waals surface area contributed by atoms with E-state index in [1.54, 1.807) is 6.07 Å². The minimum atomic E-state index is 0.367. The maximum atomic E-state index is 9.95. The summed E-state index contributed by atoms with van der Waals surface area (Å²) in [5.41, 5.74) is 3.41. The normalized spacial score (nSPS) is 10.2. The Balaban J connectivity index is 2.41. The third-order valence-corrected chi connectivity index (χ3v) is 5.53. The van der Waals surface area contributed by atoms with Crippen LogP contribution in [0.3, 0.4) is 0 Å². The predicted molar refractivity (Wildman–Crippen MR) is 111 cm³/mol. The second kappa shape index (κ2) is 8.73. The summed E-state index contributed by atoms with van der Waals surface area (Å²) in [6, 6.07) is 21.4. The van der Waals surface area contributed by atoms with Gasteiger partial charge in [-0.1, -0.05) is 67.1 Å². The second-order valence-electron chi connectivity index (χ2n) is 5.81. The Morgan fingerprint density at radius 1 is 0.963 bits per heavy atom. The lowest BCUT2D eigenvalue weighted by molar-refractivity contribution is 1.07. The second-order valence-corrected chi connectivity index (χ2v) is 7.30. The molecule has 0 aliphatic heterocycles.